The Balaban J connectivity index is 1.43. The minimum absolute atomic E-state index is 0.0477. The Morgan fingerprint density at radius 1 is 1.03 bits per heavy atom. The minimum Gasteiger partial charge on any atom is -0.352 e. The van der Waals surface area contributed by atoms with E-state index in [9.17, 15) is 4.79 Å². The Morgan fingerprint density at radius 2 is 1.70 bits per heavy atom. The van der Waals surface area contributed by atoms with Crippen LogP contribution in [0.5, 0.6) is 0 Å². The lowest BCUT2D eigenvalue weighted by Gasteiger charge is -2.18. The zero-order chi connectivity index (χ0) is 21.3. The molecule has 6 nitrogen and oxygen atoms in total. The summed E-state index contributed by atoms with van der Waals surface area (Å²) in [7, 11) is 0. The molecular weight excluding hydrogens is 400 g/mol. The third-order valence-corrected chi connectivity index (χ3v) is 5.20. The van der Waals surface area contributed by atoms with Gasteiger partial charge in [-0.15, -0.1) is 0 Å². The zero-order valence-electron chi connectivity index (χ0n) is 17.4. The highest BCUT2D eigenvalue weighted by Gasteiger charge is 2.11. The number of nitrogens with zero attached hydrogens (tertiary/aromatic N) is 3. The van der Waals surface area contributed by atoms with Gasteiger partial charge in [0, 0.05) is 36.5 Å². The van der Waals surface area contributed by atoms with Crippen molar-refractivity contribution in [3.05, 3.63) is 70.6 Å². The van der Waals surface area contributed by atoms with Crippen molar-refractivity contribution in [2.45, 2.75) is 39.8 Å². The van der Waals surface area contributed by atoms with Crippen molar-refractivity contribution in [2.75, 3.05) is 13.1 Å². The molecule has 0 fully saturated rings. The van der Waals surface area contributed by atoms with Gasteiger partial charge in [0.05, 0.1) is 0 Å². The van der Waals surface area contributed by atoms with E-state index in [1.165, 1.54) is 5.56 Å². The smallest absolute Gasteiger partial charge is 0.227 e. The van der Waals surface area contributed by atoms with Crippen LogP contribution in [0, 0.1) is 0 Å². The van der Waals surface area contributed by atoms with Crippen LogP contribution in [0.2, 0.25) is 5.02 Å². The number of hydrogen-bond donors (Lipinski definition) is 1. The fraction of sp³-hybridized carbons (Fsp3) is 0.348. The maximum atomic E-state index is 12.2. The Hall–Kier alpha value is -2.70. The summed E-state index contributed by atoms with van der Waals surface area (Å²) in [5.41, 5.74) is 3.18. The lowest BCUT2D eigenvalue weighted by Crippen LogP contribution is -2.23. The van der Waals surface area contributed by atoms with Gasteiger partial charge in [-0.05, 0) is 48.5 Å². The second-order valence-electron chi connectivity index (χ2n) is 7.07. The lowest BCUT2D eigenvalue weighted by molar-refractivity contribution is -0.121. The van der Waals surface area contributed by atoms with Crippen molar-refractivity contribution in [1.82, 2.24) is 20.4 Å². The van der Waals surface area contributed by atoms with E-state index in [0.29, 0.717) is 36.1 Å². The molecule has 158 valence electrons. The van der Waals surface area contributed by atoms with Crippen molar-refractivity contribution in [3.8, 4) is 11.4 Å². The Kier molecular flexibility index (Phi) is 7.99. The summed E-state index contributed by atoms with van der Waals surface area (Å²) in [4.78, 5) is 18.9. The van der Waals surface area contributed by atoms with Crippen molar-refractivity contribution in [2.24, 2.45) is 0 Å². The Bertz CT molecular complexity index is 935. The number of carbonyl (C=O) groups is 1. The highest BCUT2D eigenvalue weighted by atomic mass is 35.5. The molecule has 0 aliphatic carbocycles. The molecule has 30 heavy (non-hydrogen) atoms. The molecule has 0 radical (unpaired) electrons. The molecule has 3 rings (SSSR count). The van der Waals surface area contributed by atoms with Gasteiger partial charge in [-0.1, -0.05) is 54.9 Å². The highest BCUT2D eigenvalue weighted by Crippen LogP contribution is 2.19. The molecule has 0 saturated carbocycles. The van der Waals surface area contributed by atoms with Crippen LogP contribution in [0.25, 0.3) is 11.4 Å². The first kappa shape index (κ1) is 22.0. The monoisotopic (exact) mass is 426 g/mol. The highest BCUT2D eigenvalue weighted by molar-refractivity contribution is 6.30. The average Bonchev–Trinajstić information content (AvgIpc) is 3.25. The van der Waals surface area contributed by atoms with Crippen LogP contribution in [-0.2, 0) is 24.3 Å². The predicted molar refractivity (Wildman–Crippen MR) is 118 cm³/mol. The SMILES string of the molecule is CCN(CC)Cc1ccc(CNC(=O)CCc2nc(-c3ccc(Cl)cc3)no2)cc1. The number of halogens is 1. The average molecular weight is 427 g/mol. The lowest BCUT2D eigenvalue weighted by atomic mass is 10.1. The summed E-state index contributed by atoms with van der Waals surface area (Å²) in [5, 5.41) is 7.56. The molecule has 1 N–H and O–H groups in total. The fourth-order valence-electron chi connectivity index (χ4n) is 3.05. The third-order valence-electron chi connectivity index (χ3n) is 4.95. The maximum absolute atomic E-state index is 12.2. The van der Waals surface area contributed by atoms with Crippen LogP contribution in [0.15, 0.2) is 53.1 Å². The number of amides is 1. The van der Waals surface area contributed by atoms with Gasteiger partial charge >= 0.3 is 0 Å². The van der Waals surface area contributed by atoms with Gasteiger partial charge < -0.3 is 9.84 Å². The summed E-state index contributed by atoms with van der Waals surface area (Å²) in [6, 6.07) is 15.6. The van der Waals surface area contributed by atoms with E-state index in [4.69, 9.17) is 16.1 Å². The number of carbonyl (C=O) groups excluding carboxylic acids is 1. The van der Waals surface area contributed by atoms with Gasteiger partial charge in [-0.2, -0.15) is 4.98 Å². The maximum Gasteiger partial charge on any atom is 0.227 e. The van der Waals surface area contributed by atoms with Crippen molar-refractivity contribution in [3.63, 3.8) is 0 Å². The molecule has 2 aromatic carbocycles. The van der Waals surface area contributed by atoms with Crippen molar-refractivity contribution < 1.29 is 9.32 Å². The van der Waals surface area contributed by atoms with Crippen molar-refractivity contribution >= 4 is 17.5 Å². The summed E-state index contributed by atoms with van der Waals surface area (Å²) < 4.78 is 5.25. The molecule has 1 aromatic heterocycles. The third kappa shape index (κ3) is 6.40. The van der Waals surface area contributed by atoms with E-state index in [0.717, 1.165) is 30.8 Å². The molecule has 0 aliphatic heterocycles. The normalized spacial score (nSPS) is 11.1. The van der Waals surface area contributed by atoms with Gasteiger partial charge in [0.1, 0.15) is 0 Å². The predicted octanol–water partition coefficient (Wildman–Crippen LogP) is 4.48. The minimum atomic E-state index is -0.0477. The van der Waals surface area contributed by atoms with E-state index in [2.05, 4.69) is 58.5 Å². The number of aromatic nitrogens is 2. The summed E-state index contributed by atoms with van der Waals surface area (Å²) in [6.45, 7) is 7.86. The van der Waals surface area contributed by atoms with E-state index in [1.807, 2.05) is 12.1 Å². The van der Waals surface area contributed by atoms with Crippen LogP contribution < -0.4 is 5.32 Å². The molecule has 0 unspecified atom stereocenters. The molecule has 0 atom stereocenters. The topological polar surface area (TPSA) is 71.3 Å². The number of aryl methyl sites for hydroxylation is 1. The molecule has 1 heterocycles. The van der Waals surface area contributed by atoms with Crippen LogP contribution in [0.4, 0.5) is 0 Å². The Labute approximate surface area is 182 Å². The van der Waals surface area contributed by atoms with E-state index in [1.54, 1.807) is 12.1 Å². The first-order chi connectivity index (χ1) is 14.6. The molecule has 7 heteroatoms. The fourth-order valence-corrected chi connectivity index (χ4v) is 3.18. The second kappa shape index (κ2) is 10.9. The summed E-state index contributed by atoms with van der Waals surface area (Å²) in [6.07, 6.45) is 0.692. The number of benzene rings is 2. The Morgan fingerprint density at radius 3 is 2.37 bits per heavy atom. The quantitative estimate of drug-likeness (QED) is 0.517. The first-order valence-electron chi connectivity index (χ1n) is 10.2. The molecule has 1 amide bonds. The molecule has 0 aliphatic rings. The van der Waals surface area contributed by atoms with E-state index < -0.39 is 0 Å². The summed E-state index contributed by atoms with van der Waals surface area (Å²) in [5.74, 6) is 0.885. The van der Waals surface area contributed by atoms with E-state index >= 15 is 0 Å². The zero-order valence-corrected chi connectivity index (χ0v) is 18.2. The van der Waals surface area contributed by atoms with Crippen LogP contribution in [0.3, 0.4) is 0 Å². The van der Waals surface area contributed by atoms with Crippen LogP contribution in [0.1, 0.15) is 37.3 Å². The van der Waals surface area contributed by atoms with E-state index in [-0.39, 0.29) is 5.91 Å². The summed E-state index contributed by atoms with van der Waals surface area (Å²) >= 11 is 5.89. The largest absolute Gasteiger partial charge is 0.352 e. The standard InChI is InChI=1S/C23H27ClN4O2/c1-3-28(4-2)16-18-7-5-17(6-8-18)15-25-21(29)13-14-22-26-23(27-30-22)19-9-11-20(24)12-10-19/h5-12H,3-4,13-16H2,1-2H3,(H,25,29). The van der Waals surface area contributed by atoms with Gasteiger partial charge in [0.25, 0.3) is 0 Å². The van der Waals surface area contributed by atoms with Gasteiger partial charge in [0.2, 0.25) is 17.6 Å². The second-order valence-corrected chi connectivity index (χ2v) is 7.51. The van der Waals surface area contributed by atoms with Gasteiger partial charge in [-0.3, -0.25) is 9.69 Å². The first-order valence-corrected chi connectivity index (χ1v) is 10.6. The molecule has 0 spiro atoms. The van der Waals surface area contributed by atoms with Gasteiger partial charge in [-0.25, -0.2) is 0 Å². The van der Waals surface area contributed by atoms with Gasteiger partial charge in [0.15, 0.2) is 0 Å². The number of hydrogen-bond acceptors (Lipinski definition) is 5. The molecule has 0 bridgehead atoms. The molecule has 3 aromatic rings. The number of nitrogens with one attached hydrogen (secondary N) is 1. The van der Waals surface area contributed by atoms with Crippen LogP contribution in [-0.4, -0.2) is 34.0 Å². The number of rotatable bonds is 10. The van der Waals surface area contributed by atoms with Crippen LogP contribution >= 0.6 is 11.6 Å². The van der Waals surface area contributed by atoms with Crippen molar-refractivity contribution in [1.29, 1.82) is 0 Å². The molecular formula is C23H27ClN4O2. The molecule has 0 saturated heterocycles.